The molecule has 8 nitrogen and oxygen atoms in total. The number of rotatable bonds is 9. The molecule has 3 aromatic rings. The molecule has 2 aliphatic carbocycles. The van der Waals surface area contributed by atoms with E-state index in [4.69, 9.17) is 18.9 Å². The lowest BCUT2D eigenvalue weighted by Crippen LogP contribution is -2.49. The van der Waals surface area contributed by atoms with Crippen LogP contribution < -0.4 is 14.2 Å². The zero-order chi connectivity index (χ0) is 31.3. The number of nitrogens with zero attached hydrogens (tertiary/aromatic N) is 1. The molecule has 1 heterocycles. The number of aryl methyl sites for hydroxylation is 2. The Morgan fingerprint density at radius 1 is 1.05 bits per heavy atom. The molecular formula is C34H38FNO7S. The van der Waals surface area contributed by atoms with Crippen LogP contribution in [0.2, 0.25) is 0 Å². The maximum Gasteiger partial charge on any atom is 0.306 e. The van der Waals surface area contributed by atoms with Crippen molar-refractivity contribution in [1.29, 1.82) is 0 Å². The number of halogens is 1. The van der Waals surface area contributed by atoms with E-state index in [0.29, 0.717) is 49.4 Å². The van der Waals surface area contributed by atoms with Gasteiger partial charge in [-0.05, 0) is 78.8 Å². The number of fused-ring (bicyclic) bond motifs is 2. The van der Waals surface area contributed by atoms with E-state index in [1.54, 1.807) is 7.05 Å². The number of carbonyl (C=O) groups is 1. The van der Waals surface area contributed by atoms with E-state index in [-0.39, 0.29) is 36.3 Å². The normalized spacial score (nSPS) is 22.2. The third-order valence-electron chi connectivity index (χ3n) is 9.25. The first-order valence-corrected chi connectivity index (χ1v) is 16.8. The highest BCUT2D eigenvalue weighted by molar-refractivity contribution is 7.88. The number of hydrogen-bond acceptors (Lipinski definition) is 7. The molecule has 1 saturated carbocycles. The Kier molecular flexibility index (Phi) is 8.09. The van der Waals surface area contributed by atoms with Gasteiger partial charge >= 0.3 is 5.97 Å². The van der Waals surface area contributed by atoms with Crippen LogP contribution in [-0.4, -0.2) is 57.9 Å². The van der Waals surface area contributed by atoms with E-state index in [1.807, 2.05) is 50.2 Å². The topological polar surface area (TPSA) is 91.4 Å². The van der Waals surface area contributed by atoms with Crippen molar-refractivity contribution in [3.05, 3.63) is 76.1 Å². The molecule has 0 saturated heterocycles. The maximum atomic E-state index is 15.4. The van der Waals surface area contributed by atoms with Crippen LogP contribution in [-0.2, 0) is 26.0 Å². The molecule has 10 heteroatoms. The molecule has 1 aliphatic heterocycles. The molecule has 2 atom stereocenters. The second-order valence-corrected chi connectivity index (χ2v) is 14.2. The fourth-order valence-corrected chi connectivity index (χ4v) is 7.50. The number of esters is 1. The van der Waals surface area contributed by atoms with Crippen molar-refractivity contribution in [3.8, 4) is 28.4 Å². The summed E-state index contributed by atoms with van der Waals surface area (Å²) in [6, 6.07) is 12.9. The maximum absolute atomic E-state index is 15.4. The second kappa shape index (κ2) is 11.7. The van der Waals surface area contributed by atoms with Crippen molar-refractivity contribution < 1.29 is 36.6 Å². The van der Waals surface area contributed by atoms with E-state index in [0.717, 1.165) is 39.1 Å². The van der Waals surface area contributed by atoms with Gasteiger partial charge in [-0.2, -0.15) is 0 Å². The highest BCUT2D eigenvalue weighted by Gasteiger charge is 2.37. The molecule has 0 aromatic heterocycles. The fourth-order valence-electron chi connectivity index (χ4n) is 6.78. The Labute approximate surface area is 258 Å². The van der Waals surface area contributed by atoms with Gasteiger partial charge < -0.3 is 18.9 Å². The standard InChI is InChI=1S/C34H38FNO7S/c1-19-12-24(42-25-15-22(16-25)36(3)44(5,38)39)13-20(2)33(19)27-8-10-29(35)34-28(27)9-11-30(34)43-23-6-7-26-21(14-32(37)40-4)18-41-31(26)17-23/h6-8,10,12-13,17,21-22,25,30H,9,11,14-16,18H2,1-5H3/t21-,22-,25+,30-/m1/s1. The Balaban J connectivity index is 1.19. The molecule has 3 aromatic carbocycles. The lowest BCUT2D eigenvalue weighted by molar-refractivity contribution is -0.141. The lowest BCUT2D eigenvalue weighted by atomic mass is 9.88. The summed E-state index contributed by atoms with van der Waals surface area (Å²) in [5, 5.41) is 0. The first-order chi connectivity index (χ1) is 20.9. The van der Waals surface area contributed by atoms with Crippen molar-refractivity contribution in [3.63, 3.8) is 0 Å². The van der Waals surface area contributed by atoms with Crippen LogP contribution in [0.3, 0.4) is 0 Å². The molecule has 0 amide bonds. The van der Waals surface area contributed by atoms with Crippen molar-refractivity contribution >= 4 is 16.0 Å². The predicted octanol–water partition coefficient (Wildman–Crippen LogP) is 6.02. The van der Waals surface area contributed by atoms with Crippen LogP contribution in [0.15, 0.2) is 42.5 Å². The van der Waals surface area contributed by atoms with Crippen molar-refractivity contribution in [2.24, 2.45) is 0 Å². The van der Waals surface area contributed by atoms with E-state index in [2.05, 4.69) is 0 Å². The number of carbonyl (C=O) groups excluding carboxylic acids is 1. The average molecular weight is 624 g/mol. The van der Waals surface area contributed by atoms with Gasteiger partial charge in [0.1, 0.15) is 35.3 Å². The summed E-state index contributed by atoms with van der Waals surface area (Å²) in [6.07, 6.45) is 3.64. The summed E-state index contributed by atoms with van der Waals surface area (Å²) in [6.45, 7) is 4.47. The summed E-state index contributed by atoms with van der Waals surface area (Å²) < 4.78 is 63.7. The SMILES string of the molecule is COC(=O)C[C@@H]1COc2cc(O[C@@H]3CCc4c(-c5c(C)cc(O[C@H]6C[C@@H](N(C)S(C)(=O)=O)C6)cc5C)ccc(F)c43)ccc21. The number of benzene rings is 3. The highest BCUT2D eigenvalue weighted by Crippen LogP contribution is 2.45. The van der Waals surface area contributed by atoms with Crippen LogP contribution in [0.1, 0.15) is 65.5 Å². The third-order valence-corrected chi connectivity index (χ3v) is 10.6. The molecule has 0 spiro atoms. The molecule has 234 valence electrons. The van der Waals surface area contributed by atoms with Crippen molar-refractivity contribution in [1.82, 2.24) is 4.31 Å². The van der Waals surface area contributed by atoms with Crippen LogP contribution >= 0.6 is 0 Å². The number of methoxy groups -OCH3 is 1. The Hall–Kier alpha value is -3.63. The van der Waals surface area contributed by atoms with E-state index in [9.17, 15) is 13.2 Å². The summed E-state index contributed by atoms with van der Waals surface area (Å²) in [7, 11) is -0.237. The smallest absolute Gasteiger partial charge is 0.306 e. The van der Waals surface area contributed by atoms with Gasteiger partial charge in [-0.15, -0.1) is 0 Å². The van der Waals surface area contributed by atoms with Gasteiger partial charge in [0.25, 0.3) is 0 Å². The number of ether oxygens (including phenoxy) is 4. The second-order valence-electron chi connectivity index (χ2n) is 12.2. The zero-order valence-corrected chi connectivity index (χ0v) is 26.5. The van der Waals surface area contributed by atoms with Crippen molar-refractivity contribution in [2.45, 2.75) is 70.1 Å². The predicted molar refractivity (Wildman–Crippen MR) is 164 cm³/mol. The Morgan fingerprint density at radius 3 is 2.45 bits per heavy atom. The van der Waals surface area contributed by atoms with Gasteiger partial charge in [-0.25, -0.2) is 17.1 Å². The first-order valence-electron chi connectivity index (χ1n) is 15.0. The molecule has 6 rings (SSSR count). The summed E-state index contributed by atoms with van der Waals surface area (Å²) in [5.74, 6) is 1.41. The zero-order valence-electron chi connectivity index (χ0n) is 25.7. The minimum atomic E-state index is -3.23. The van der Waals surface area contributed by atoms with Gasteiger partial charge in [0.2, 0.25) is 10.0 Å². The monoisotopic (exact) mass is 623 g/mol. The summed E-state index contributed by atoms with van der Waals surface area (Å²) >= 11 is 0. The van der Waals surface area contributed by atoms with Gasteiger partial charge in [-0.1, -0.05) is 12.1 Å². The largest absolute Gasteiger partial charge is 0.492 e. The number of sulfonamides is 1. The molecule has 0 bridgehead atoms. The van der Waals surface area contributed by atoms with Gasteiger partial charge in [0.05, 0.1) is 26.4 Å². The highest BCUT2D eigenvalue weighted by atomic mass is 32.2. The Bertz CT molecular complexity index is 1690. The van der Waals surface area contributed by atoms with Crippen LogP contribution in [0, 0.1) is 19.7 Å². The van der Waals surface area contributed by atoms with Gasteiger partial charge in [0, 0.05) is 49.0 Å². The van der Waals surface area contributed by atoms with Crippen LogP contribution in [0.5, 0.6) is 17.2 Å². The molecule has 44 heavy (non-hydrogen) atoms. The van der Waals surface area contributed by atoms with E-state index < -0.39 is 16.1 Å². The van der Waals surface area contributed by atoms with Crippen LogP contribution in [0.25, 0.3) is 11.1 Å². The molecule has 1 fully saturated rings. The van der Waals surface area contributed by atoms with Gasteiger partial charge in [0.15, 0.2) is 0 Å². The Morgan fingerprint density at radius 2 is 1.77 bits per heavy atom. The van der Waals surface area contributed by atoms with E-state index >= 15 is 4.39 Å². The van der Waals surface area contributed by atoms with Gasteiger partial charge in [-0.3, -0.25) is 4.79 Å². The quantitative estimate of drug-likeness (QED) is 0.270. The first kappa shape index (κ1) is 30.4. The number of hydrogen-bond donors (Lipinski definition) is 0. The molecule has 0 unspecified atom stereocenters. The summed E-state index contributed by atoms with van der Waals surface area (Å²) in [4.78, 5) is 11.8. The fraction of sp³-hybridized carbons (Fsp3) is 0.441. The average Bonchev–Trinajstić information content (AvgIpc) is 3.55. The van der Waals surface area contributed by atoms with Crippen LogP contribution in [0.4, 0.5) is 4.39 Å². The van der Waals surface area contributed by atoms with E-state index in [1.165, 1.54) is 23.7 Å². The molecule has 0 N–H and O–H groups in total. The minimum Gasteiger partial charge on any atom is -0.492 e. The molecular weight excluding hydrogens is 585 g/mol. The summed E-state index contributed by atoms with van der Waals surface area (Å²) in [5.41, 5.74) is 6.59. The molecule has 3 aliphatic rings. The third kappa shape index (κ3) is 5.77. The minimum absolute atomic E-state index is 0.0369. The lowest BCUT2D eigenvalue weighted by Gasteiger charge is -2.39. The molecule has 0 radical (unpaired) electrons. The van der Waals surface area contributed by atoms with Crippen molar-refractivity contribution in [2.75, 3.05) is 27.0 Å².